The zero-order valence-electron chi connectivity index (χ0n) is 8.86. The Balaban J connectivity index is 2.60. The molecule has 0 aliphatic carbocycles. The molecule has 2 nitrogen and oxygen atoms in total. The Morgan fingerprint density at radius 1 is 1.50 bits per heavy atom. The zero-order chi connectivity index (χ0) is 10.4. The molecule has 1 aromatic rings. The molecule has 1 unspecified atom stereocenters. The van der Waals surface area contributed by atoms with Crippen LogP contribution in [-0.2, 0) is 11.2 Å². The maximum atomic E-state index is 11.3. The van der Waals surface area contributed by atoms with E-state index in [0.29, 0.717) is 0 Å². The van der Waals surface area contributed by atoms with Crippen LogP contribution in [0.2, 0.25) is 0 Å². The molecule has 1 aromatic heterocycles. The Kier molecular flexibility index (Phi) is 4.30. The van der Waals surface area contributed by atoms with Gasteiger partial charge in [0.05, 0.1) is 0 Å². The van der Waals surface area contributed by atoms with E-state index in [-0.39, 0.29) is 11.7 Å². The smallest absolute Gasteiger partial charge is 0.133 e. The normalized spacial score (nSPS) is 12.4. The van der Waals surface area contributed by atoms with Crippen LogP contribution >= 0.6 is 0 Å². The molecule has 0 spiro atoms. The number of hydrogen-bond acceptors (Lipinski definition) is 2. The SMILES string of the molecule is CCCC(Cc1ccccn1)C(C)=O. The van der Waals surface area contributed by atoms with Crippen LogP contribution in [0, 0.1) is 5.92 Å². The van der Waals surface area contributed by atoms with Crippen molar-refractivity contribution in [3.8, 4) is 0 Å². The fraction of sp³-hybridized carbons (Fsp3) is 0.500. The number of Topliss-reactive ketones (excluding diaryl/α,β-unsaturated/α-hetero) is 1. The van der Waals surface area contributed by atoms with Gasteiger partial charge in [0, 0.05) is 17.8 Å². The van der Waals surface area contributed by atoms with Crippen LogP contribution in [-0.4, -0.2) is 10.8 Å². The standard InChI is InChI=1S/C12H17NO/c1-3-6-11(10(2)14)9-12-7-4-5-8-13-12/h4-5,7-8,11H,3,6,9H2,1-2H3. The van der Waals surface area contributed by atoms with Gasteiger partial charge in [-0.05, 0) is 31.9 Å². The highest BCUT2D eigenvalue weighted by Gasteiger charge is 2.13. The molecule has 0 bridgehead atoms. The van der Waals surface area contributed by atoms with Crippen LogP contribution in [0.1, 0.15) is 32.4 Å². The molecule has 0 amide bonds. The number of carbonyl (C=O) groups is 1. The van der Waals surface area contributed by atoms with Crippen molar-refractivity contribution in [1.29, 1.82) is 0 Å². The summed E-state index contributed by atoms with van der Waals surface area (Å²) in [7, 11) is 0. The van der Waals surface area contributed by atoms with E-state index in [1.807, 2.05) is 18.2 Å². The number of pyridine rings is 1. The minimum absolute atomic E-state index is 0.148. The second kappa shape index (κ2) is 5.53. The summed E-state index contributed by atoms with van der Waals surface area (Å²) in [5.41, 5.74) is 1.01. The largest absolute Gasteiger partial charge is 0.300 e. The molecule has 0 saturated carbocycles. The van der Waals surface area contributed by atoms with Gasteiger partial charge >= 0.3 is 0 Å². The van der Waals surface area contributed by atoms with Crippen molar-refractivity contribution in [3.63, 3.8) is 0 Å². The highest BCUT2D eigenvalue weighted by Crippen LogP contribution is 2.13. The third-order valence-electron chi connectivity index (χ3n) is 2.39. The molecule has 1 rings (SSSR count). The summed E-state index contributed by atoms with van der Waals surface area (Å²) in [4.78, 5) is 15.5. The molecular formula is C12H17NO. The summed E-state index contributed by atoms with van der Waals surface area (Å²) in [6.07, 6.45) is 4.57. The van der Waals surface area contributed by atoms with Gasteiger partial charge in [0.15, 0.2) is 0 Å². The van der Waals surface area contributed by atoms with Crippen molar-refractivity contribution in [2.24, 2.45) is 5.92 Å². The fourth-order valence-electron chi connectivity index (χ4n) is 1.57. The topological polar surface area (TPSA) is 30.0 Å². The van der Waals surface area contributed by atoms with E-state index in [1.54, 1.807) is 13.1 Å². The van der Waals surface area contributed by atoms with Crippen molar-refractivity contribution in [2.75, 3.05) is 0 Å². The summed E-state index contributed by atoms with van der Waals surface area (Å²) in [5.74, 6) is 0.424. The lowest BCUT2D eigenvalue weighted by molar-refractivity contribution is -0.120. The first-order valence-electron chi connectivity index (χ1n) is 5.14. The van der Waals surface area contributed by atoms with E-state index in [2.05, 4.69) is 11.9 Å². The molecule has 2 heteroatoms. The lowest BCUT2D eigenvalue weighted by Crippen LogP contribution is -2.14. The maximum Gasteiger partial charge on any atom is 0.133 e. The first kappa shape index (κ1) is 10.9. The van der Waals surface area contributed by atoms with Gasteiger partial charge in [-0.25, -0.2) is 0 Å². The Hall–Kier alpha value is -1.18. The fourth-order valence-corrected chi connectivity index (χ4v) is 1.57. The molecule has 0 fully saturated rings. The first-order valence-corrected chi connectivity index (χ1v) is 5.14. The molecule has 0 N–H and O–H groups in total. The average Bonchev–Trinajstić information content (AvgIpc) is 2.18. The predicted molar refractivity (Wildman–Crippen MR) is 57.0 cm³/mol. The van der Waals surface area contributed by atoms with E-state index in [9.17, 15) is 4.79 Å². The Morgan fingerprint density at radius 3 is 2.79 bits per heavy atom. The first-order chi connectivity index (χ1) is 6.74. The molecule has 0 aliphatic heterocycles. The van der Waals surface area contributed by atoms with Crippen LogP contribution in [0.5, 0.6) is 0 Å². The Labute approximate surface area is 85.4 Å². The van der Waals surface area contributed by atoms with Gasteiger partial charge in [0.2, 0.25) is 0 Å². The van der Waals surface area contributed by atoms with Gasteiger partial charge in [-0.15, -0.1) is 0 Å². The van der Waals surface area contributed by atoms with Gasteiger partial charge in [-0.3, -0.25) is 9.78 Å². The summed E-state index contributed by atoms with van der Waals surface area (Å²) < 4.78 is 0. The number of aromatic nitrogens is 1. The van der Waals surface area contributed by atoms with E-state index in [4.69, 9.17) is 0 Å². The minimum atomic E-state index is 0.148. The number of nitrogens with zero attached hydrogens (tertiary/aromatic N) is 1. The third-order valence-corrected chi connectivity index (χ3v) is 2.39. The van der Waals surface area contributed by atoms with Gasteiger partial charge in [0.25, 0.3) is 0 Å². The number of ketones is 1. The molecule has 1 heterocycles. The minimum Gasteiger partial charge on any atom is -0.300 e. The Morgan fingerprint density at radius 2 is 2.29 bits per heavy atom. The average molecular weight is 191 g/mol. The van der Waals surface area contributed by atoms with Crippen molar-refractivity contribution >= 4 is 5.78 Å². The second-order valence-electron chi connectivity index (χ2n) is 3.62. The quantitative estimate of drug-likeness (QED) is 0.716. The monoisotopic (exact) mass is 191 g/mol. The molecule has 0 radical (unpaired) electrons. The van der Waals surface area contributed by atoms with Crippen LogP contribution in [0.3, 0.4) is 0 Å². The van der Waals surface area contributed by atoms with Crippen molar-refractivity contribution in [2.45, 2.75) is 33.1 Å². The van der Waals surface area contributed by atoms with E-state index in [1.165, 1.54) is 0 Å². The van der Waals surface area contributed by atoms with Gasteiger partial charge in [0.1, 0.15) is 5.78 Å². The lowest BCUT2D eigenvalue weighted by Gasteiger charge is -2.11. The lowest BCUT2D eigenvalue weighted by atomic mass is 9.94. The molecular weight excluding hydrogens is 174 g/mol. The van der Waals surface area contributed by atoms with Crippen LogP contribution in [0.25, 0.3) is 0 Å². The molecule has 14 heavy (non-hydrogen) atoms. The van der Waals surface area contributed by atoms with Gasteiger partial charge in [-0.2, -0.15) is 0 Å². The number of hydrogen-bond donors (Lipinski definition) is 0. The number of rotatable bonds is 5. The van der Waals surface area contributed by atoms with E-state index in [0.717, 1.165) is 25.0 Å². The molecule has 0 aromatic carbocycles. The second-order valence-corrected chi connectivity index (χ2v) is 3.62. The molecule has 1 atom stereocenters. The van der Waals surface area contributed by atoms with Crippen molar-refractivity contribution in [3.05, 3.63) is 30.1 Å². The van der Waals surface area contributed by atoms with E-state index >= 15 is 0 Å². The third kappa shape index (κ3) is 3.29. The summed E-state index contributed by atoms with van der Waals surface area (Å²) in [6.45, 7) is 3.78. The van der Waals surface area contributed by atoms with E-state index < -0.39 is 0 Å². The summed E-state index contributed by atoms with van der Waals surface area (Å²) in [5, 5.41) is 0. The highest BCUT2D eigenvalue weighted by molar-refractivity contribution is 5.78. The summed E-state index contributed by atoms with van der Waals surface area (Å²) in [6, 6.07) is 5.84. The van der Waals surface area contributed by atoms with Gasteiger partial charge < -0.3 is 0 Å². The molecule has 0 saturated heterocycles. The Bertz CT molecular complexity index is 282. The maximum absolute atomic E-state index is 11.3. The van der Waals surface area contributed by atoms with Crippen LogP contribution < -0.4 is 0 Å². The zero-order valence-corrected chi connectivity index (χ0v) is 8.86. The van der Waals surface area contributed by atoms with Crippen LogP contribution in [0.4, 0.5) is 0 Å². The summed E-state index contributed by atoms with van der Waals surface area (Å²) >= 11 is 0. The highest BCUT2D eigenvalue weighted by atomic mass is 16.1. The molecule has 76 valence electrons. The van der Waals surface area contributed by atoms with Gasteiger partial charge in [-0.1, -0.05) is 19.4 Å². The molecule has 0 aliphatic rings. The van der Waals surface area contributed by atoms with Crippen molar-refractivity contribution < 1.29 is 4.79 Å². The van der Waals surface area contributed by atoms with Crippen molar-refractivity contribution in [1.82, 2.24) is 4.98 Å². The van der Waals surface area contributed by atoms with Crippen LogP contribution in [0.15, 0.2) is 24.4 Å². The predicted octanol–water partition coefficient (Wildman–Crippen LogP) is 2.63. The number of carbonyl (C=O) groups excluding carboxylic acids is 1.